The molecule has 0 saturated heterocycles. The van der Waals surface area contributed by atoms with E-state index >= 15 is 0 Å². The molecule has 0 radical (unpaired) electrons. The van der Waals surface area contributed by atoms with Crippen molar-refractivity contribution in [3.63, 3.8) is 0 Å². The molecular formula is C36H54N2O2. The molecule has 1 aromatic heterocycles. The molecule has 0 unspecified atom stereocenters. The number of aryl methyl sites for hydroxylation is 1. The number of nitrogens with zero attached hydrogens (tertiary/aromatic N) is 2. The molecule has 0 saturated carbocycles. The minimum absolute atomic E-state index is 0.793. The smallest absolute Gasteiger partial charge is 0.119 e. The van der Waals surface area contributed by atoms with Gasteiger partial charge in [0.25, 0.3) is 0 Å². The molecule has 3 aromatic rings. The van der Waals surface area contributed by atoms with Crippen molar-refractivity contribution in [2.75, 3.05) is 13.2 Å². The number of aromatic nitrogens is 2. The van der Waals surface area contributed by atoms with E-state index in [0.717, 1.165) is 60.1 Å². The molecule has 0 aliphatic rings. The summed E-state index contributed by atoms with van der Waals surface area (Å²) in [6.07, 6.45) is 21.1. The second-order valence-electron chi connectivity index (χ2n) is 11.2. The highest BCUT2D eigenvalue weighted by atomic mass is 16.5. The molecule has 0 N–H and O–H groups in total. The average molecular weight is 547 g/mol. The number of hydrogen-bond acceptors (Lipinski definition) is 3. The second kappa shape index (κ2) is 19.3. The first-order chi connectivity index (χ1) is 19.7. The SMILES string of the molecule is CCCCCCCCCCOc1ccc(-c2cc(-c3ccc(OCCCCCCCCCC)cc3)n(C)n2)cc1. The summed E-state index contributed by atoms with van der Waals surface area (Å²) < 4.78 is 13.9. The zero-order valence-corrected chi connectivity index (χ0v) is 25.6. The Kier molecular flexibility index (Phi) is 15.4. The predicted octanol–water partition coefficient (Wildman–Crippen LogP) is 10.8. The van der Waals surface area contributed by atoms with Crippen LogP contribution < -0.4 is 9.47 Å². The van der Waals surface area contributed by atoms with Gasteiger partial charge in [0.1, 0.15) is 11.5 Å². The fourth-order valence-electron chi connectivity index (χ4n) is 5.17. The van der Waals surface area contributed by atoms with Gasteiger partial charge in [0.2, 0.25) is 0 Å². The van der Waals surface area contributed by atoms with Crippen molar-refractivity contribution >= 4 is 0 Å². The number of unbranched alkanes of at least 4 members (excludes halogenated alkanes) is 14. The standard InChI is InChI=1S/C36H54N2O2/c1-4-6-8-10-12-14-16-18-28-39-33-24-20-31(21-25-33)35-30-36(38(3)37-35)32-22-26-34(27-23-32)40-29-19-17-15-13-11-9-7-5-2/h20-27,30H,4-19,28-29H2,1-3H3. The Morgan fingerprint density at radius 2 is 0.925 bits per heavy atom. The summed E-state index contributed by atoms with van der Waals surface area (Å²) in [6, 6.07) is 18.9. The van der Waals surface area contributed by atoms with Crippen LogP contribution in [0.25, 0.3) is 22.5 Å². The van der Waals surface area contributed by atoms with Gasteiger partial charge in [-0.25, -0.2) is 0 Å². The Morgan fingerprint density at radius 3 is 1.38 bits per heavy atom. The fraction of sp³-hybridized carbons (Fsp3) is 0.583. The first kappa shape index (κ1) is 31.8. The van der Waals surface area contributed by atoms with E-state index in [1.807, 2.05) is 11.7 Å². The zero-order chi connectivity index (χ0) is 28.3. The largest absolute Gasteiger partial charge is 0.494 e. The Hall–Kier alpha value is -2.75. The quantitative estimate of drug-likeness (QED) is 0.118. The molecule has 2 aromatic carbocycles. The van der Waals surface area contributed by atoms with Crippen molar-refractivity contribution in [2.45, 2.75) is 117 Å². The van der Waals surface area contributed by atoms with Gasteiger partial charge in [-0.1, -0.05) is 104 Å². The first-order valence-corrected chi connectivity index (χ1v) is 16.2. The average Bonchev–Trinajstić information content (AvgIpc) is 3.37. The fourth-order valence-corrected chi connectivity index (χ4v) is 5.17. The van der Waals surface area contributed by atoms with E-state index in [9.17, 15) is 0 Å². The number of rotatable bonds is 22. The molecule has 220 valence electrons. The maximum absolute atomic E-state index is 5.99. The molecule has 40 heavy (non-hydrogen) atoms. The van der Waals surface area contributed by atoms with E-state index in [-0.39, 0.29) is 0 Å². The van der Waals surface area contributed by atoms with E-state index in [1.54, 1.807) is 0 Å². The van der Waals surface area contributed by atoms with E-state index in [2.05, 4.69) is 68.4 Å². The Balaban J connectivity index is 1.38. The van der Waals surface area contributed by atoms with Crippen LogP contribution in [-0.4, -0.2) is 23.0 Å². The molecule has 0 spiro atoms. The number of ether oxygens (including phenoxy) is 2. The van der Waals surface area contributed by atoms with Gasteiger partial charge in [0.05, 0.1) is 24.6 Å². The minimum Gasteiger partial charge on any atom is -0.494 e. The van der Waals surface area contributed by atoms with Crippen LogP contribution in [0, 0.1) is 0 Å². The summed E-state index contributed by atoms with van der Waals surface area (Å²) in [6.45, 7) is 6.13. The molecule has 1 heterocycles. The Morgan fingerprint density at radius 1 is 0.525 bits per heavy atom. The van der Waals surface area contributed by atoms with Crippen molar-refractivity contribution in [2.24, 2.45) is 7.05 Å². The van der Waals surface area contributed by atoms with E-state index in [4.69, 9.17) is 14.6 Å². The van der Waals surface area contributed by atoms with Gasteiger partial charge in [-0.3, -0.25) is 4.68 Å². The third-order valence-corrected chi connectivity index (χ3v) is 7.71. The number of benzene rings is 2. The Labute approximate surface area is 244 Å². The van der Waals surface area contributed by atoms with E-state index < -0.39 is 0 Å². The van der Waals surface area contributed by atoms with Gasteiger partial charge < -0.3 is 9.47 Å². The molecule has 4 heteroatoms. The first-order valence-electron chi connectivity index (χ1n) is 16.2. The zero-order valence-electron chi connectivity index (χ0n) is 25.6. The van der Waals surface area contributed by atoms with Crippen LogP contribution in [-0.2, 0) is 7.05 Å². The maximum Gasteiger partial charge on any atom is 0.119 e. The third kappa shape index (κ3) is 11.8. The third-order valence-electron chi connectivity index (χ3n) is 7.71. The van der Waals surface area contributed by atoms with E-state index in [1.165, 1.54) is 89.9 Å². The van der Waals surface area contributed by atoms with Gasteiger partial charge in [-0.2, -0.15) is 5.10 Å². The molecule has 0 amide bonds. The lowest BCUT2D eigenvalue weighted by Crippen LogP contribution is -1.98. The highest BCUT2D eigenvalue weighted by Crippen LogP contribution is 2.28. The van der Waals surface area contributed by atoms with Crippen LogP contribution in [0.1, 0.15) is 117 Å². The van der Waals surface area contributed by atoms with Gasteiger partial charge >= 0.3 is 0 Å². The highest BCUT2D eigenvalue weighted by Gasteiger charge is 2.10. The lowest BCUT2D eigenvalue weighted by atomic mass is 10.1. The van der Waals surface area contributed by atoms with Crippen molar-refractivity contribution in [3.05, 3.63) is 54.6 Å². The summed E-state index contributed by atoms with van der Waals surface area (Å²) in [4.78, 5) is 0. The van der Waals surface area contributed by atoms with Gasteiger partial charge in [-0.15, -0.1) is 0 Å². The van der Waals surface area contributed by atoms with Crippen LogP contribution in [0.15, 0.2) is 54.6 Å². The van der Waals surface area contributed by atoms with Crippen LogP contribution >= 0.6 is 0 Å². The topological polar surface area (TPSA) is 36.3 Å². The molecule has 0 aliphatic heterocycles. The lowest BCUT2D eigenvalue weighted by molar-refractivity contribution is 0.304. The molecule has 0 fully saturated rings. The van der Waals surface area contributed by atoms with Crippen molar-refractivity contribution in [1.82, 2.24) is 9.78 Å². The second-order valence-corrected chi connectivity index (χ2v) is 11.2. The molecule has 0 atom stereocenters. The predicted molar refractivity (Wildman–Crippen MR) is 170 cm³/mol. The Bertz CT molecular complexity index is 1040. The normalized spacial score (nSPS) is 11.2. The monoisotopic (exact) mass is 546 g/mol. The van der Waals surface area contributed by atoms with Gasteiger partial charge in [0.15, 0.2) is 0 Å². The maximum atomic E-state index is 5.99. The van der Waals surface area contributed by atoms with Gasteiger partial charge in [-0.05, 0) is 67.4 Å². The molecule has 0 bridgehead atoms. The summed E-state index contributed by atoms with van der Waals surface area (Å²) in [5.74, 6) is 1.88. The molecule has 3 rings (SSSR count). The van der Waals surface area contributed by atoms with Crippen molar-refractivity contribution in [3.8, 4) is 34.0 Å². The summed E-state index contributed by atoms with van der Waals surface area (Å²) >= 11 is 0. The lowest BCUT2D eigenvalue weighted by Gasteiger charge is -2.08. The van der Waals surface area contributed by atoms with Crippen LogP contribution in [0.2, 0.25) is 0 Å². The molecule has 4 nitrogen and oxygen atoms in total. The summed E-state index contributed by atoms with van der Waals surface area (Å²) in [7, 11) is 2.01. The van der Waals surface area contributed by atoms with Crippen LogP contribution in [0.5, 0.6) is 11.5 Å². The van der Waals surface area contributed by atoms with Crippen LogP contribution in [0.4, 0.5) is 0 Å². The molecular weight excluding hydrogens is 492 g/mol. The number of hydrogen-bond donors (Lipinski definition) is 0. The summed E-state index contributed by atoms with van der Waals surface area (Å²) in [5, 5.41) is 4.78. The van der Waals surface area contributed by atoms with Gasteiger partial charge in [0, 0.05) is 18.2 Å². The van der Waals surface area contributed by atoms with E-state index in [0.29, 0.717) is 0 Å². The highest BCUT2D eigenvalue weighted by molar-refractivity contribution is 5.69. The minimum atomic E-state index is 0.793. The molecule has 0 aliphatic carbocycles. The van der Waals surface area contributed by atoms with Crippen molar-refractivity contribution < 1.29 is 9.47 Å². The summed E-state index contributed by atoms with van der Waals surface area (Å²) in [5.41, 5.74) is 4.32. The van der Waals surface area contributed by atoms with Crippen molar-refractivity contribution in [1.29, 1.82) is 0 Å². The van der Waals surface area contributed by atoms with Crippen LogP contribution in [0.3, 0.4) is 0 Å².